The van der Waals surface area contributed by atoms with Crippen molar-refractivity contribution in [2.75, 3.05) is 13.7 Å². The van der Waals surface area contributed by atoms with Crippen LogP contribution in [0.2, 0.25) is 0 Å². The number of nitrogens with zero attached hydrogens (tertiary/aromatic N) is 3. The van der Waals surface area contributed by atoms with Crippen LogP contribution in [0.15, 0.2) is 0 Å². The summed E-state index contributed by atoms with van der Waals surface area (Å²) in [5.41, 5.74) is 0. The summed E-state index contributed by atoms with van der Waals surface area (Å²) < 4.78 is 11.0. The Bertz CT molecular complexity index is 331. The smallest absolute Gasteiger partial charge is 0.191 e. The van der Waals surface area contributed by atoms with Crippen LogP contribution in [0.3, 0.4) is 0 Å². The van der Waals surface area contributed by atoms with Gasteiger partial charge >= 0.3 is 0 Å². The Kier molecular flexibility index (Phi) is 4.03. The van der Waals surface area contributed by atoms with Gasteiger partial charge in [-0.2, -0.15) is 5.21 Å². The molecule has 4 unspecified atom stereocenters. The molecule has 17 heavy (non-hydrogen) atoms. The van der Waals surface area contributed by atoms with E-state index in [1.165, 1.54) is 0 Å². The minimum atomic E-state index is 0.0546. The van der Waals surface area contributed by atoms with Gasteiger partial charge in [0.2, 0.25) is 0 Å². The highest BCUT2D eigenvalue weighted by Crippen LogP contribution is 2.28. The van der Waals surface area contributed by atoms with Gasteiger partial charge in [0, 0.05) is 19.8 Å². The largest absolute Gasteiger partial charge is 0.377 e. The fourth-order valence-corrected chi connectivity index (χ4v) is 2.19. The van der Waals surface area contributed by atoms with Crippen molar-refractivity contribution in [1.29, 1.82) is 0 Å². The molecule has 7 nitrogen and oxygen atoms in total. The monoisotopic (exact) mass is 241 g/mol. The first kappa shape index (κ1) is 12.4. The molecule has 1 saturated carbocycles. The molecule has 0 spiro atoms. The summed E-state index contributed by atoms with van der Waals surface area (Å²) in [4.78, 5) is 0. The number of tetrazole rings is 1. The van der Waals surface area contributed by atoms with E-state index in [1.807, 2.05) is 13.8 Å². The van der Waals surface area contributed by atoms with Gasteiger partial charge in [0.15, 0.2) is 5.82 Å². The molecular weight excluding hydrogens is 222 g/mol. The second-order valence-electron chi connectivity index (χ2n) is 4.19. The molecule has 2 rings (SSSR count). The van der Waals surface area contributed by atoms with E-state index < -0.39 is 0 Å². The van der Waals surface area contributed by atoms with Crippen LogP contribution >= 0.6 is 0 Å². The van der Waals surface area contributed by atoms with Crippen LogP contribution in [-0.4, -0.2) is 52.6 Å². The molecule has 0 amide bonds. The van der Waals surface area contributed by atoms with Gasteiger partial charge in [0.1, 0.15) is 0 Å². The summed E-state index contributed by atoms with van der Waals surface area (Å²) >= 11 is 0. The van der Waals surface area contributed by atoms with Crippen LogP contribution in [0, 0.1) is 0 Å². The number of hydrogen-bond donors (Lipinski definition) is 2. The summed E-state index contributed by atoms with van der Waals surface area (Å²) in [6, 6.07) is 0.337. The normalized spacial score (nSPS) is 29.9. The first-order chi connectivity index (χ1) is 8.26. The zero-order valence-corrected chi connectivity index (χ0v) is 10.4. The number of ether oxygens (including phenoxy) is 2. The van der Waals surface area contributed by atoms with Crippen molar-refractivity contribution in [2.45, 2.75) is 44.6 Å². The molecule has 1 aromatic rings. The Morgan fingerprint density at radius 1 is 1.59 bits per heavy atom. The van der Waals surface area contributed by atoms with E-state index in [4.69, 9.17) is 9.47 Å². The molecule has 0 aromatic carbocycles. The van der Waals surface area contributed by atoms with Crippen LogP contribution in [0.4, 0.5) is 0 Å². The topological polar surface area (TPSA) is 85.0 Å². The third-order valence-corrected chi connectivity index (χ3v) is 3.12. The minimum Gasteiger partial charge on any atom is -0.377 e. The predicted molar refractivity (Wildman–Crippen MR) is 60.3 cm³/mol. The number of nitrogens with one attached hydrogen (secondary N) is 2. The first-order valence-electron chi connectivity index (χ1n) is 5.90. The number of aromatic nitrogens is 4. The molecule has 1 aromatic heterocycles. The van der Waals surface area contributed by atoms with Gasteiger partial charge in [0.25, 0.3) is 0 Å². The highest BCUT2D eigenvalue weighted by Gasteiger charge is 2.42. The zero-order valence-electron chi connectivity index (χ0n) is 10.4. The van der Waals surface area contributed by atoms with Crippen molar-refractivity contribution in [3.8, 4) is 0 Å². The molecule has 4 atom stereocenters. The molecule has 0 aliphatic heterocycles. The van der Waals surface area contributed by atoms with Crippen molar-refractivity contribution in [3.63, 3.8) is 0 Å². The Morgan fingerprint density at radius 2 is 2.41 bits per heavy atom. The highest BCUT2D eigenvalue weighted by atomic mass is 16.5. The molecule has 1 fully saturated rings. The van der Waals surface area contributed by atoms with Crippen molar-refractivity contribution >= 4 is 0 Å². The van der Waals surface area contributed by atoms with Gasteiger partial charge in [-0.05, 0) is 20.3 Å². The maximum absolute atomic E-state index is 5.57. The lowest BCUT2D eigenvalue weighted by atomic mass is 9.84. The Hall–Kier alpha value is -1.05. The van der Waals surface area contributed by atoms with Crippen LogP contribution < -0.4 is 5.32 Å². The molecule has 0 radical (unpaired) electrons. The molecule has 7 heteroatoms. The molecule has 1 aliphatic rings. The highest BCUT2D eigenvalue weighted by molar-refractivity contribution is 5.00. The number of hydrogen-bond acceptors (Lipinski definition) is 6. The standard InChI is InChI=1S/C10H19N5O2/c1-4-17-8-5-7(9(8)16-3)11-6(2)10-12-14-15-13-10/h6-9,11H,4-5H2,1-3H3,(H,12,13,14,15). The summed E-state index contributed by atoms with van der Waals surface area (Å²) in [5.74, 6) is 0.666. The number of aromatic amines is 1. The Balaban J connectivity index is 1.84. The van der Waals surface area contributed by atoms with Crippen molar-refractivity contribution in [2.24, 2.45) is 0 Å². The fraction of sp³-hybridized carbons (Fsp3) is 0.900. The second-order valence-corrected chi connectivity index (χ2v) is 4.19. The molecule has 2 N–H and O–H groups in total. The lowest BCUT2D eigenvalue weighted by Crippen LogP contribution is -2.60. The predicted octanol–water partition coefficient (Wildman–Crippen LogP) is 0.0427. The molecule has 0 bridgehead atoms. The van der Waals surface area contributed by atoms with E-state index in [2.05, 4.69) is 25.9 Å². The van der Waals surface area contributed by atoms with Gasteiger partial charge in [-0.15, -0.1) is 10.2 Å². The van der Waals surface area contributed by atoms with Gasteiger partial charge in [-0.25, -0.2) is 0 Å². The average molecular weight is 241 g/mol. The van der Waals surface area contributed by atoms with Gasteiger partial charge in [-0.1, -0.05) is 5.21 Å². The van der Waals surface area contributed by atoms with Gasteiger partial charge < -0.3 is 14.8 Å². The fourth-order valence-electron chi connectivity index (χ4n) is 2.19. The van der Waals surface area contributed by atoms with Crippen LogP contribution in [0.1, 0.15) is 32.1 Å². The molecule has 1 aliphatic carbocycles. The van der Waals surface area contributed by atoms with Crippen LogP contribution in [0.5, 0.6) is 0 Å². The zero-order chi connectivity index (χ0) is 12.3. The van der Waals surface area contributed by atoms with Crippen LogP contribution in [0.25, 0.3) is 0 Å². The number of rotatable bonds is 6. The first-order valence-corrected chi connectivity index (χ1v) is 5.90. The Labute approximate surface area is 100 Å². The third-order valence-electron chi connectivity index (χ3n) is 3.12. The minimum absolute atomic E-state index is 0.0546. The summed E-state index contributed by atoms with van der Waals surface area (Å²) in [6.07, 6.45) is 1.25. The third kappa shape index (κ3) is 2.62. The molecule has 0 saturated heterocycles. The Morgan fingerprint density at radius 3 is 3.00 bits per heavy atom. The maximum Gasteiger partial charge on any atom is 0.191 e. The van der Waals surface area contributed by atoms with E-state index in [0.717, 1.165) is 13.0 Å². The van der Waals surface area contributed by atoms with Gasteiger partial charge in [-0.3, -0.25) is 0 Å². The summed E-state index contributed by atoms with van der Waals surface area (Å²) in [6.45, 7) is 4.72. The second kappa shape index (κ2) is 5.52. The number of methoxy groups -OCH3 is 1. The van der Waals surface area contributed by atoms with E-state index in [-0.39, 0.29) is 24.3 Å². The number of H-pyrrole nitrogens is 1. The molecule has 96 valence electrons. The van der Waals surface area contributed by atoms with Crippen molar-refractivity contribution in [3.05, 3.63) is 5.82 Å². The SMILES string of the molecule is CCOC1CC(NC(C)c2nn[nH]n2)C1OC. The van der Waals surface area contributed by atoms with Gasteiger partial charge in [0.05, 0.1) is 18.2 Å². The van der Waals surface area contributed by atoms with Crippen LogP contribution in [-0.2, 0) is 9.47 Å². The van der Waals surface area contributed by atoms with E-state index in [1.54, 1.807) is 7.11 Å². The average Bonchev–Trinajstić information content (AvgIpc) is 2.81. The quantitative estimate of drug-likeness (QED) is 0.731. The molecular formula is C10H19N5O2. The van der Waals surface area contributed by atoms with E-state index in [9.17, 15) is 0 Å². The molecule has 1 heterocycles. The lowest BCUT2D eigenvalue weighted by molar-refractivity contribution is -0.133. The maximum atomic E-state index is 5.57. The summed E-state index contributed by atoms with van der Waals surface area (Å²) in [7, 11) is 1.71. The van der Waals surface area contributed by atoms with Crippen molar-refractivity contribution in [1.82, 2.24) is 25.9 Å². The van der Waals surface area contributed by atoms with Crippen molar-refractivity contribution < 1.29 is 9.47 Å². The van der Waals surface area contributed by atoms with E-state index >= 15 is 0 Å². The lowest BCUT2D eigenvalue weighted by Gasteiger charge is -2.44. The summed E-state index contributed by atoms with van der Waals surface area (Å²) in [5, 5.41) is 17.3. The van der Waals surface area contributed by atoms with E-state index in [0.29, 0.717) is 5.82 Å².